The molecule has 0 saturated carbocycles. The number of benzene rings is 1. The standard InChI is InChI=1S/C9H12FNOS/c1-3-13(12)11-9-6-8(10)5-4-7(9)2/h4-6,11H,3H2,1-2H3. The van der Waals surface area contributed by atoms with Crippen LogP contribution in [0.2, 0.25) is 0 Å². The summed E-state index contributed by atoms with van der Waals surface area (Å²) < 4.78 is 26.6. The van der Waals surface area contributed by atoms with Gasteiger partial charge < -0.3 is 4.72 Å². The van der Waals surface area contributed by atoms with E-state index in [4.69, 9.17) is 0 Å². The smallest absolute Gasteiger partial charge is 0.125 e. The average molecular weight is 201 g/mol. The van der Waals surface area contributed by atoms with Crippen LogP contribution < -0.4 is 4.72 Å². The maximum Gasteiger partial charge on any atom is 0.125 e. The fourth-order valence-electron chi connectivity index (χ4n) is 0.899. The van der Waals surface area contributed by atoms with E-state index in [9.17, 15) is 8.60 Å². The molecule has 2 nitrogen and oxygen atoms in total. The summed E-state index contributed by atoms with van der Waals surface area (Å²) in [5.74, 6) is 0.192. The van der Waals surface area contributed by atoms with Crippen LogP contribution in [0.25, 0.3) is 0 Å². The van der Waals surface area contributed by atoms with Crippen LogP contribution in [-0.2, 0) is 11.0 Å². The van der Waals surface area contributed by atoms with Crippen molar-refractivity contribution in [3.8, 4) is 0 Å². The van der Waals surface area contributed by atoms with Crippen molar-refractivity contribution in [3.05, 3.63) is 29.6 Å². The molecule has 0 amide bonds. The summed E-state index contributed by atoms with van der Waals surface area (Å²) in [6, 6.07) is 4.39. The van der Waals surface area contributed by atoms with Gasteiger partial charge in [0, 0.05) is 5.75 Å². The Morgan fingerprint density at radius 3 is 2.85 bits per heavy atom. The SMILES string of the molecule is CCS(=O)Nc1cc(F)ccc1C. The highest BCUT2D eigenvalue weighted by Crippen LogP contribution is 2.16. The van der Waals surface area contributed by atoms with E-state index >= 15 is 0 Å². The van der Waals surface area contributed by atoms with Gasteiger partial charge in [-0.05, 0) is 24.6 Å². The van der Waals surface area contributed by atoms with E-state index < -0.39 is 11.0 Å². The maximum atomic E-state index is 12.8. The molecule has 0 aliphatic rings. The molecule has 72 valence electrons. The van der Waals surface area contributed by atoms with Crippen molar-refractivity contribution in [1.82, 2.24) is 0 Å². The molecule has 0 radical (unpaired) electrons. The number of hydrogen-bond donors (Lipinski definition) is 1. The largest absolute Gasteiger partial charge is 0.305 e. The van der Waals surface area contributed by atoms with E-state index in [1.165, 1.54) is 12.1 Å². The molecule has 0 aromatic heterocycles. The summed E-state index contributed by atoms with van der Waals surface area (Å²) in [6.45, 7) is 3.65. The molecule has 1 unspecified atom stereocenters. The monoisotopic (exact) mass is 201 g/mol. The molecule has 0 heterocycles. The number of nitrogens with one attached hydrogen (secondary N) is 1. The molecular formula is C9H12FNOS. The van der Waals surface area contributed by atoms with E-state index in [0.717, 1.165) is 5.56 Å². The third-order valence-electron chi connectivity index (χ3n) is 1.69. The molecule has 0 saturated heterocycles. The second-order valence-corrected chi connectivity index (χ2v) is 4.17. The lowest BCUT2D eigenvalue weighted by atomic mass is 10.2. The number of rotatable bonds is 3. The average Bonchev–Trinajstić information content (AvgIpc) is 2.11. The molecule has 0 spiro atoms. The van der Waals surface area contributed by atoms with Crippen molar-refractivity contribution in [2.24, 2.45) is 0 Å². The molecule has 13 heavy (non-hydrogen) atoms. The van der Waals surface area contributed by atoms with E-state index in [1.54, 1.807) is 13.0 Å². The van der Waals surface area contributed by atoms with Gasteiger partial charge >= 0.3 is 0 Å². The molecule has 0 aliphatic carbocycles. The molecule has 0 fully saturated rings. The fourth-order valence-corrected chi connectivity index (χ4v) is 1.51. The zero-order chi connectivity index (χ0) is 9.84. The van der Waals surface area contributed by atoms with Gasteiger partial charge in [-0.1, -0.05) is 13.0 Å². The Morgan fingerprint density at radius 2 is 2.23 bits per heavy atom. The van der Waals surface area contributed by atoms with Crippen molar-refractivity contribution in [2.45, 2.75) is 13.8 Å². The molecule has 4 heteroatoms. The fraction of sp³-hybridized carbons (Fsp3) is 0.333. The molecule has 1 atom stereocenters. The van der Waals surface area contributed by atoms with Crippen LogP contribution in [0.1, 0.15) is 12.5 Å². The third kappa shape index (κ3) is 2.81. The van der Waals surface area contributed by atoms with Crippen LogP contribution in [0.3, 0.4) is 0 Å². The molecule has 1 rings (SSSR count). The van der Waals surface area contributed by atoms with Gasteiger partial charge in [0.1, 0.15) is 16.8 Å². The van der Waals surface area contributed by atoms with E-state index in [1.807, 2.05) is 6.92 Å². The lowest BCUT2D eigenvalue weighted by Gasteiger charge is -2.07. The number of anilines is 1. The Kier molecular flexibility index (Phi) is 3.42. The van der Waals surface area contributed by atoms with Crippen molar-refractivity contribution >= 4 is 16.7 Å². The highest BCUT2D eigenvalue weighted by Gasteiger charge is 2.01. The summed E-state index contributed by atoms with van der Waals surface area (Å²) in [7, 11) is -1.11. The Labute approximate surface area is 79.8 Å². The van der Waals surface area contributed by atoms with Crippen molar-refractivity contribution in [2.75, 3.05) is 10.5 Å². The minimum absolute atomic E-state index is 0.318. The van der Waals surface area contributed by atoms with E-state index in [-0.39, 0.29) is 5.82 Å². The van der Waals surface area contributed by atoms with Crippen molar-refractivity contribution in [1.29, 1.82) is 0 Å². The van der Waals surface area contributed by atoms with Crippen LogP contribution in [0.4, 0.5) is 10.1 Å². The van der Waals surface area contributed by atoms with Crippen LogP contribution in [0, 0.1) is 12.7 Å². The Morgan fingerprint density at radius 1 is 1.54 bits per heavy atom. The highest BCUT2D eigenvalue weighted by molar-refractivity contribution is 7.86. The second kappa shape index (κ2) is 4.37. The van der Waals surface area contributed by atoms with Crippen LogP contribution in [-0.4, -0.2) is 9.96 Å². The predicted octanol–water partition coefficient (Wildman–Crippen LogP) is 2.23. The van der Waals surface area contributed by atoms with Gasteiger partial charge in [0.2, 0.25) is 0 Å². The Balaban J connectivity index is 2.87. The minimum atomic E-state index is -1.11. The van der Waals surface area contributed by atoms with Gasteiger partial charge in [-0.15, -0.1) is 0 Å². The normalized spacial score (nSPS) is 12.5. The summed E-state index contributed by atoms with van der Waals surface area (Å²) >= 11 is 0. The van der Waals surface area contributed by atoms with Crippen LogP contribution in [0.15, 0.2) is 18.2 Å². The van der Waals surface area contributed by atoms with Gasteiger partial charge in [0.25, 0.3) is 0 Å². The zero-order valence-corrected chi connectivity index (χ0v) is 8.45. The van der Waals surface area contributed by atoms with Gasteiger partial charge in [-0.3, -0.25) is 0 Å². The Hall–Kier alpha value is -0.900. The van der Waals surface area contributed by atoms with Gasteiger partial charge in [-0.2, -0.15) is 0 Å². The first kappa shape index (κ1) is 10.2. The van der Waals surface area contributed by atoms with Crippen molar-refractivity contribution in [3.63, 3.8) is 0 Å². The first-order chi connectivity index (χ1) is 6.13. The summed E-state index contributed by atoms with van der Waals surface area (Å²) in [4.78, 5) is 0. The van der Waals surface area contributed by atoms with Crippen LogP contribution >= 0.6 is 0 Å². The van der Waals surface area contributed by atoms with Crippen molar-refractivity contribution < 1.29 is 8.60 Å². The van der Waals surface area contributed by atoms with E-state index in [2.05, 4.69) is 4.72 Å². The minimum Gasteiger partial charge on any atom is -0.305 e. The predicted molar refractivity (Wildman–Crippen MR) is 53.4 cm³/mol. The summed E-state index contributed by atoms with van der Waals surface area (Å²) in [5.41, 5.74) is 1.49. The Bertz CT molecular complexity index is 327. The molecular weight excluding hydrogens is 189 g/mol. The summed E-state index contributed by atoms with van der Waals surface area (Å²) in [5, 5.41) is 0. The maximum absolute atomic E-state index is 12.8. The number of aryl methyl sites for hydroxylation is 1. The molecule has 1 aromatic rings. The lowest BCUT2D eigenvalue weighted by Crippen LogP contribution is -2.07. The quantitative estimate of drug-likeness (QED) is 0.798. The number of halogens is 1. The zero-order valence-electron chi connectivity index (χ0n) is 7.63. The second-order valence-electron chi connectivity index (χ2n) is 2.70. The molecule has 0 aliphatic heterocycles. The first-order valence-electron chi connectivity index (χ1n) is 4.04. The van der Waals surface area contributed by atoms with E-state index in [0.29, 0.717) is 11.4 Å². The first-order valence-corrected chi connectivity index (χ1v) is 5.36. The topological polar surface area (TPSA) is 29.1 Å². The highest BCUT2D eigenvalue weighted by atomic mass is 32.2. The molecule has 1 aromatic carbocycles. The molecule has 1 N–H and O–H groups in total. The summed E-state index contributed by atoms with van der Waals surface area (Å²) in [6.07, 6.45) is 0. The lowest BCUT2D eigenvalue weighted by molar-refractivity contribution is 0.628. The number of hydrogen-bond acceptors (Lipinski definition) is 1. The van der Waals surface area contributed by atoms with Gasteiger partial charge in [0.05, 0.1) is 5.69 Å². The third-order valence-corrected chi connectivity index (χ3v) is 2.66. The van der Waals surface area contributed by atoms with Gasteiger partial charge in [-0.25, -0.2) is 8.60 Å². The van der Waals surface area contributed by atoms with Crippen LogP contribution in [0.5, 0.6) is 0 Å². The molecule has 0 bridgehead atoms. The van der Waals surface area contributed by atoms with Gasteiger partial charge in [0.15, 0.2) is 0 Å².